The SMILES string of the molecule is CC(C)OC(=O)C(C)NP(=O)(OCC1(O)CO[C@@H](n2ccc(=O)[nH]c2=O)[C@]1(C)O)Oc1ccccc1. The summed E-state index contributed by atoms with van der Waals surface area (Å²) in [5, 5.41) is 24.8. The summed E-state index contributed by atoms with van der Waals surface area (Å²) in [7, 11) is -4.35. The number of H-pyrrole nitrogens is 1. The number of nitrogens with zero attached hydrogens (tertiary/aromatic N) is 1. The lowest BCUT2D eigenvalue weighted by atomic mass is 9.86. The van der Waals surface area contributed by atoms with Crippen LogP contribution in [0.2, 0.25) is 0 Å². The van der Waals surface area contributed by atoms with Crippen LogP contribution >= 0.6 is 7.75 Å². The zero-order chi connectivity index (χ0) is 26.7. The van der Waals surface area contributed by atoms with Crippen molar-refractivity contribution in [3.63, 3.8) is 0 Å². The number of hydrogen-bond donors (Lipinski definition) is 4. The predicted octanol–water partition coefficient (Wildman–Crippen LogP) is 0.681. The van der Waals surface area contributed by atoms with Crippen LogP contribution in [0.4, 0.5) is 0 Å². The fraction of sp³-hybridized carbons (Fsp3) is 0.500. The van der Waals surface area contributed by atoms with Crippen molar-refractivity contribution in [2.45, 2.75) is 57.3 Å². The lowest BCUT2D eigenvalue weighted by Gasteiger charge is -2.36. The number of nitrogens with one attached hydrogen (secondary N) is 2. The maximum absolute atomic E-state index is 13.6. The van der Waals surface area contributed by atoms with Gasteiger partial charge in [0.25, 0.3) is 5.56 Å². The zero-order valence-electron chi connectivity index (χ0n) is 20.2. The van der Waals surface area contributed by atoms with Crippen molar-refractivity contribution in [2.24, 2.45) is 0 Å². The van der Waals surface area contributed by atoms with E-state index >= 15 is 0 Å². The van der Waals surface area contributed by atoms with Crippen LogP contribution in [-0.2, 0) is 23.4 Å². The zero-order valence-corrected chi connectivity index (χ0v) is 21.1. The Morgan fingerprint density at radius 2 is 1.92 bits per heavy atom. The smallest absolute Gasteiger partial charge is 0.459 e. The van der Waals surface area contributed by atoms with Crippen LogP contribution < -0.4 is 20.9 Å². The van der Waals surface area contributed by atoms with E-state index in [1.807, 2.05) is 4.98 Å². The van der Waals surface area contributed by atoms with Gasteiger partial charge in [-0.25, -0.2) is 9.36 Å². The molecule has 1 aromatic heterocycles. The Kier molecular flexibility index (Phi) is 8.23. The minimum Gasteiger partial charge on any atom is -0.462 e. The molecule has 198 valence electrons. The summed E-state index contributed by atoms with van der Waals surface area (Å²) in [6.07, 6.45) is -0.713. The first-order valence-corrected chi connectivity index (χ1v) is 12.7. The molecule has 36 heavy (non-hydrogen) atoms. The highest BCUT2D eigenvalue weighted by Gasteiger charge is 2.59. The van der Waals surface area contributed by atoms with E-state index in [1.54, 1.807) is 32.0 Å². The predicted molar refractivity (Wildman–Crippen MR) is 126 cm³/mol. The number of aliphatic hydroxyl groups is 2. The third-order valence-electron chi connectivity index (χ3n) is 5.51. The number of carbonyl (C=O) groups excluding carboxylic acids is 1. The maximum Gasteiger partial charge on any atom is 0.459 e. The van der Waals surface area contributed by atoms with Crippen LogP contribution in [0.15, 0.2) is 52.2 Å². The molecule has 13 nitrogen and oxygen atoms in total. The first-order chi connectivity index (χ1) is 16.8. The van der Waals surface area contributed by atoms with Crippen molar-refractivity contribution < 1.29 is 38.1 Å². The molecule has 0 radical (unpaired) electrons. The van der Waals surface area contributed by atoms with E-state index in [1.165, 1.54) is 26.0 Å². The number of ether oxygens (including phenoxy) is 2. The van der Waals surface area contributed by atoms with E-state index in [9.17, 15) is 29.2 Å². The molecule has 1 fully saturated rings. The molecule has 0 amide bonds. The number of esters is 1. The Morgan fingerprint density at radius 1 is 1.25 bits per heavy atom. The highest BCUT2D eigenvalue weighted by molar-refractivity contribution is 7.52. The first-order valence-electron chi connectivity index (χ1n) is 11.1. The van der Waals surface area contributed by atoms with Crippen molar-refractivity contribution in [2.75, 3.05) is 13.2 Å². The minimum absolute atomic E-state index is 0.150. The average molecular weight is 527 g/mol. The molecular formula is C22H30N3O10P. The average Bonchev–Trinajstić information content (AvgIpc) is 3.02. The van der Waals surface area contributed by atoms with Crippen molar-refractivity contribution >= 4 is 13.7 Å². The second-order valence-corrected chi connectivity index (χ2v) is 10.6. The van der Waals surface area contributed by atoms with Gasteiger partial charge in [0.2, 0.25) is 0 Å². The van der Waals surface area contributed by atoms with Crippen LogP contribution in [-0.4, -0.2) is 62.3 Å². The fourth-order valence-electron chi connectivity index (χ4n) is 3.43. The van der Waals surface area contributed by atoms with Gasteiger partial charge in [0, 0.05) is 12.3 Å². The molecule has 5 atom stereocenters. The molecule has 2 heterocycles. The fourth-order valence-corrected chi connectivity index (χ4v) is 4.97. The molecule has 1 aromatic carbocycles. The van der Waals surface area contributed by atoms with Crippen LogP contribution in [0.5, 0.6) is 5.75 Å². The summed E-state index contributed by atoms with van der Waals surface area (Å²) in [6, 6.07) is 7.93. The van der Waals surface area contributed by atoms with Crippen LogP contribution in [0.3, 0.4) is 0 Å². The molecule has 14 heteroatoms. The summed E-state index contributed by atoms with van der Waals surface area (Å²) in [6.45, 7) is 4.61. The second-order valence-electron chi connectivity index (χ2n) is 8.87. The molecule has 3 rings (SSSR count). The number of para-hydroxylation sites is 1. The van der Waals surface area contributed by atoms with E-state index in [-0.39, 0.29) is 5.75 Å². The molecule has 1 aliphatic rings. The van der Waals surface area contributed by atoms with Crippen molar-refractivity contribution in [1.29, 1.82) is 0 Å². The molecule has 2 aromatic rings. The topological polar surface area (TPSA) is 178 Å². The molecule has 0 spiro atoms. The molecule has 1 aliphatic heterocycles. The monoisotopic (exact) mass is 527 g/mol. The first kappa shape index (κ1) is 27.8. The van der Waals surface area contributed by atoms with Crippen molar-refractivity contribution in [3.05, 3.63) is 63.4 Å². The number of carbonyl (C=O) groups is 1. The van der Waals surface area contributed by atoms with Gasteiger partial charge in [-0.1, -0.05) is 18.2 Å². The quantitative estimate of drug-likeness (QED) is 0.252. The number of rotatable bonds is 10. The number of benzene rings is 1. The Bertz CT molecular complexity index is 1230. The van der Waals surface area contributed by atoms with E-state index in [2.05, 4.69) is 5.09 Å². The highest BCUT2D eigenvalue weighted by atomic mass is 31.2. The summed E-state index contributed by atoms with van der Waals surface area (Å²) < 4.78 is 36.2. The lowest BCUT2D eigenvalue weighted by Crippen LogP contribution is -2.57. The normalized spacial score (nSPS) is 26.4. The van der Waals surface area contributed by atoms with Gasteiger partial charge in [0.05, 0.1) is 19.3 Å². The standard InChI is InChI=1S/C22H30N3O10P/c1-14(2)34-18(27)15(3)24-36(31,35-16-8-6-5-7-9-16)33-13-22(30)12-32-19(21(22,4)29)25-11-10-17(26)23-20(25)28/h5-11,14-15,19,29-30H,12-13H2,1-4H3,(H,24,31)(H,23,26,28)/t15?,19-,21+,22?,36?/m1/s1. The van der Waals surface area contributed by atoms with Gasteiger partial charge < -0.3 is 24.2 Å². The van der Waals surface area contributed by atoms with Gasteiger partial charge in [0.15, 0.2) is 6.23 Å². The summed E-state index contributed by atoms with van der Waals surface area (Å²) in [4.78, 5) is 37.9. The highest BCUT2D eigenvalue weighted by Crippen LogP contribution is 2.48. The van der Waals surface area contributed by atoms with Crippen LogP contribution in [0.1, 0.15) is 33.9 Å². The summed E-state index contributed by atoms with van der Waals surface area (Å²) in [5.41, 5.74) is -5.83. The maximum atomic E-state index is 13.6. The van der Waals surface area contributed by atoms with Gasteiger partial charge in [0.1, 0.15) is 23.0 Å². The van der Waals surface area contributed by atoms with Crippen molar-refractivity contribution in [3.8, 4) is 5.75 Å². The number of hydrogen-bond acceptors (Lipinski definition) is 10. The molecule has 0 aliphatic carbocycles. The summed E-state index contributed by atoms with van der Waals surface area (Å²) in [5.74, 6) is -0.560. The second kappa shape index (κ2) is 10.7. The third kappa shape index (κ3) is 6.12. The molecule has 4 N–H and O–H groups in total. The van der Waals surface area contributed by atoms with Gasteiger partial charge in [-0.05, 0) is 39.8 Å². The van der Waals surface area contributed by atoms with Gasteiger partial charge in [-0.3, -0.25) is 23.7 Å². The number of aromatic nitrogens is 2. The Hall–Kier alpha value is -2.80. The Labute approximate surface area is 206 Å². The lowest BCUT2D eigenvalue weighted by molar-refractivity contribution is -0.153. The summed E-state index contributed by atoms with van der Waals surface area (Å²) >= 11 is 0. The largest absolute Gasteiger partial charge is 0.462 e. The molecular weight excluding hydrogens is 497 g/mol. The molecule has 0 bridgehead atoms. The van der Waals surface area contributed by atoms with Gasteiger partial charge >= 0.3 is 19.4 Å². The molecule has 3 unspecified atom stereocenters. The van der Waals surface area contributed by atoms with Gasteiger partial charge in [-0.15, -0.1) is 0 Å². The number of aromatic amines is 1. The van der Waals surface area contributed by atoms with Gasteiger partial charge in [-0.2, -0.15) is 5.09 Å². The Morgan fingerprint density at radius 3 is 2.53 bits per heavy atom. The van der Waals surface area contributed by atoms with E-state index in [0.717, 1.165) is 16.8 Å². The minimum atomic E-state index is -4.35. The molecule has 0 saturated carbocycles. The Balaban J connectivity index is 1.83. The van der Waals surface area contributed by atoms with E-state index in [0.29, 0.717) is 0 Å². The van der Waals surface area contributed by atoms with Crippen molar-refractivity contribution in [1.82, 2.24) is 14.6 Å². The third-order valence-corrected chi connectivity index (χ3v) is 7.13. The van der Waals surface area contributed by atoms with E-state index < -0.39 is 67.8 Å². The molecule has 1 saturated heterocycles. The van der Waals surface area contributed by atoms with Crippen LogP contribution in [0.25, 0.3) is 0 Å². The van der Waals surface area contributed by atoms with Crippen LogP contribution in [0, 0.1) is 0 Å². The van der Waals surface area contributed by atoms with E-state index in [4.69, 9.17) is 18.5 Å².